The SMILES string of the molecule is CCC(CC)(c1ccc(Cl)cc1)c1cnc2c(NS(C)(=O)=O)cccn12. The molecule has 0 spiro atoms. The third-order valence-corrected chi connectivity index (χ3v) is 5.77. The number of benzene rings is 1. The Morgan fingerprint density at radius 3 is 2.38 bits per heavy atom. The van der Waals surface area contributed by atoms with Crippen LogP contribution in [0.5, 0.6) is 0 Å². The zero-order valence-corrected chi connectivity index (χ0v) is 16.6. The van der Waals surface area contributed by atoms with Crippen molar-refractivity contribution in [2.45, 2.75) is 32.1 Å². The van der Waals surface area contributed by atoms with Crippen LogP contribution >= 0.6 is 11.6 Å². The molecule has 3 rings (SSSR count). The fourth-order valence-corrected chi connectivity index (χ4v) is 4.27. The van der Waals surface area contributed by atoms with Crippen molar-refractivity contribution in [3.05, 3.63) is 65.1 Å². The lowest BCUT2D eigenvalue weighted by Crippen LogP contribution is -2.27. The zero-order valence-electron chi connectivity index (χ0n) is 15.0. The van der Waals surface area contributed by atoms with Crippen LogP contribution in [0.1, 0.15) is 37.9 Å². The van der Waals surface area contributed by atoms with Gasteiger partial charge in [-0.15, -0.1) is 0 Å². The van der Waals surface area contributed by atoms with Crippen LogP contribution < -0.4 is 4.72 Å². The predicted molar refractivity (Wildman–Crippen MR) is 106 cm³/mol. The first-order valence-corrected chi connectivity index (χ1v) is 10.8. The predicted octanol–water partition coefficient (Wildman–Crippen LogP) is 4.47. The largest absolute Gasteiger partial charge is 0.301 e. The molecule has 2 heterocycles. The number of anilines is 1. The van der Waals surface area contributed by atoms with Gasteiger partial charge in [-0.3, -0.25) is 4.72 Å². The molecule has 0 aliphatic carbocycles. The van der Waals surface area contributed by atoms with Crippen molar-refractivity contribution in [2.24, 2.45) is 0 Å². The molecule has 1 aromatic carbocycles. The van der Waals surface area contributed by atoms with Gasteiger partial charge >= 0.3 is 0 Å². The summed E-state index contributed by atoms with van der Waals surface area (Å²) in [6.07, 6.45) is 6.65. The maximum absolute atomic E-state index is 11.7. The molecular weight excluding hydrogens is 370 g/mol. The number of hydrogen-bond acceptors (Lipinski definition) is 3. The second-order valence-corrected chi connectivity index (χ2v) is 8.61. The summed E-state index contributed by atoms with van der Waals surface area (Å²) in [5.74, 6) is 0. The van der Waals surface area contributed by atoms with Crippen LogP contribution in [0.3, 0.4) is 0 Å². The van der Waals surface area contributed by atoms with Crippen LogP contribution in [-0.4, -0.2) is 24.1 Å². The maximum Gasteiger partial charge on any atom is 0.229 e. The Balaban J connectivity index is 2.22. The number of halogens is 1. The number of pyridine rings is 1. The van der Waals surface area contributed by atoms with Gasteiger partial charge in [-0.1, -0.05) is 37.6 Å². The highest BCUT2D eigenvalue weighted by atomic mass is 35.5. The molecular formula is C19H22ClN3O2S. The van der Waals surface area contributed by atoms with E-state index in [1.165, 1.54) is 0 Å². The molecule has 1 N–H and O–H groups in total. The molecule has 7 heteroatoms. The molecule has 138 valence electrons. The fraction of sp³-hybridized carbons (Fsp3) is 0.316. The highest BCUT2D eigenvalue weighted by Crippen LogP contribution is 2.40. The Morgan fingerprint density at radius 1 is 1.15 bits per heavy atom. The monoisotopic (exact) mass is 391 g/mol. The Hall–Kier alpha value is -2.05. The van der Waals surface area contributed by atoms with Gasteiger partial charge in [0.05, 0.1) is 23.8 Å². The average molecular weight is 392 g/mol. The smallest absolute Gasteiger partial charge is 0.229 e. The number of hydrogen-bond donors (Lipinski definition) is 1. The normalized spacial score (nSPS) is 12.5. The molecule has 0 radical (unpaired) electrons. The first-order chi connectivity index (χ1) is 12.3. The minimum absolute atomic E-state index is 0.242. The van der Waals surface area contributed by atoms with Gasteiger partial charge in [0.1, 0.15) is 0 Å². The molecule has 0 bridgehead atoms. The molecule has 0 aliphatic rings. The Bertz CT molecular complexity index is 1020. The van der Waals surface area contributed by atoms with E-state index in [9.17, 15) is 8.42 Å². The summed E-state index contributed by atoms with van der Waals surface area (Å²) in [6, 6.07) is 11.4. The summed E-state index contributed by atoms with van der Waals surface area (Å²) >= 11 is 6.07. The molecule has 0 saturated heterocycles. The quantitative estimate of drug-likeness (QED) is 0.674. The number of aromatic nitrogens is 2. The third-order valence-electron chi connectivity index (χ3n) is 4.93. The van der Waals surface area contributed by atoms with Crippen LogP contribution in [0.2, 0.25) is 5.02 Å². The number of nitrogens with zero attached hydrogens (tertiary/aromatic N) is 2. The van der Waals surface area contributed by atoms with Gasteiger partial charge in [-0.05, 0) is 42.7 Å². The molecule has 0 unspecified atom stereocenters. The van der Waals surface area contributed by atoms with Crippen molar-refractivity contribution in [3.63, 3.8) is 0 Å². The molecule has 2 aromatic heterocycles. The Labute approximate surface area is 159 Å². The lowest BCUT2D eigenvalue weighted by molar-refractivity contribution is 0.461. The van der Waals surface area contributed by atoms with Crippen molar-refractivity contribution in [1.82, 2.24) is 9.38 Å². The van der Waals surface area contributed by atoms with E-state index in [0.717, 1.165) is 30.4 Å². The van der Waals surface area contributed by atoms with E-state index in [-0.39, 0.29) is 5.41 Å². The Kier molecular flexibility index (Phi) is 4.99. The van der Waals surface area contributed by atoms with Gasteiger partial charge < -0.3 is 4.40 Å². The van der Waals surface area contributed by atoms with E-state index in [0.29, 0.717) is 16.4 Å². The fourth-order valence-electron chi connectivity index (χ4n) is 3.58. The van der Waals surface area contributed by atoms with Crippen LogP contribution in [0.15, 0.2) is 48.8 Å². The molecule has 0 atom stereocenters. The van der Waals surface area contributed by atoms with E-state index < -0.39 is 10.0 Å². The van der Waals surface area contributed by atoms with Crippen LogP contribution in [0, 0.1) is 0 Å². The summed E-state index contributed by atoms with van der Waals surface area (Å²) in [4.78, 5) is 4.52. The van der Waals surface area contributed by atoms with E-state index >= 15 is 0 Å². The average Bonchev–Trinajstić information content (AvgIpc) is 3.03. The summed E-state index contributed by atoms with van der Waals surface area (Å²) in [6.45, 7) is 4.30. The van der Waals surface area contributed by atoms with Gasteiger partial charge in [0.2, 0.25) is 10.0 Å². The summed E-state index contributed by atoms with van der Waals surface area (Å²) in [7, 11) is -3.38. The van der Waals surface area contributed by atoms with Crippen molar-refractivity contribution in [1.29, 1.82) is 0 Å². The lowest BCUT2D eigenvalue weighted by atomic mass is 9.73. The number of rotatable bonds is 6. The Morgan fingerprint density at radius 2 is 1.81 bits per heavy atom. The van der Waals surface area contributed by atoms with Gasteiger partial charge in [0.25, 0.3) is 0 Å². The number of fused-ring (bicyclic) bond motifs is 1. The van der Waals surface area contributed by atoms with Gasteiger partial charge in [-0.25, -0.2) is 13.4 Å². The summed E-state index contributed by atoms with van der Waals surface area (Å²) in [5, 5.41) is 0.702. The molecule has 0 fully saturated rings. The second kappa shape index (κ2) is 6.93. The van der Waals surface area contributed by atoms with E-state index in [4.69, 9.17) is 11.6 Å². The van der Waals surface area contributed by atoms with Gasteiger partial charge in [0.15, 0.2) is 5.65 Å². The topological polar surface area (TPSA) is 63.5 Å². The number of sulfonamides is 1. The van der Waals surface area contributed by atoms with Gasteiger partial charge in [-0.2, -0.15) is 0 Å². The van der Waals surface area contributed by atoms with Crippen LogP contribution in [0.25, 0.3) is 5.65 Å². The van der Waals surface area contributed by atoms with Crippen LogP contribution in [0.4, 0.5) is 5.69 Å². The number of nitrogens with one attached hydrogen (secondary N) is 1. The molecule has 0 amide bonds. The summed E-state index contributed by atoms with van der Waals surface area (Å²) < 4.78 is 27.8. The highest BCUT2D eigenvalue weighted by Gasteiger charge is 2.34. The third kappa shape index (κ3) is 3.31. The first kappa shape index (κ1) is 18.7. The van der Waals surface area contributed by atoms with Gasteiger partial charge in [0, 0.05) is 16.6 Å². The van der Waals surface area contributed by atoms with Crippen molar-refractivity contribution >= 4 is 33.0 Å². The molecule has 0 aliphatic heterocycles. The van der Waals surface area contributed by atoms with Crippen molar-refractivity contribution < 1.29 is 8.42 Å². The van der Waals surface area contributed by atoms with E-state index in [1.54, 1.807) is 6.07 Å². The highest BCUT2D eigenvalue weighted by molar-refractivity contribution is 7.92. The molecule has 5 nitrogen and oxygen atoms in total. The second-order valence-electron chi connectivity index (χ2n) is 6.43. The minimum Gasteiger partial charge on any atom is -0.301 e. The number of imidazole rings is 1. The van der Waals surface area contributed by atoms with E-state index in [1.807, 2.05) is 47.1 Å². The zero-order chi connectivity index (χ0) is 18.9. The molecule has 26 heavy (non-hydrogen) atoms. The lowest BCUT2D eigenvalue weighted by Gasteiger charge is -2.32. The maximum atomic E-state index is 11.7. The van der Waals surface area contributed by atoms with Crippen molar-refractivity contribution in [3.8, 4) is 0 Å². The van der Waals surface area contributed by atoms with E-state index in [2.05, 4.69) is 23.6 Å². The molecule has 3 aromatic rings. The molecule has 0 saturated carbocycles. The summed E-state index contributed by atoms with van der Waals surface area (Å²) in [5.41, 5.74) is 3.01. The minimum atomic E-state index is -3.38. The first-order valence-electron chi connectivity index (χ1n) is 8.51. The van der Waals surface area contributed by atoms with Crippen LogP contribution in [-0.2, 0) is 15.4 Å². The van der Waals surface area contributed by atoms with Crippen molar-refractivity contribution in [2.75, 3.05) is 11.0 Å². The standard InChI is InChI=1S/C19H22ClN3O2S/c1-4-19(5-2,14-8-10-15(20)11-9-14)17-13-21-18-16(22-26(3,24)25)7-6-12-23(17)18/h6-13,22H,4-5H2,1-3H3.